The Morgan fingerprint density at radius 3 is 2.42 bits per heavy atom. The molecule has 1 aliphatic carbocycles. The molecule has 170 valence electrons. The molecule has 2 fully saturated rings. The first-order chi connectivity index (χ1) is 15.8. The number of amides is 1. The van der Waals surface area contributed by atoms with Crippen LogP contribution in [0.2, 0.25) is 0 Å². The van der Waals surface area contributed by atoms with E-state index in [9.17, 15) is 22.4 Å². The number of halogens is 4. The smallest absolute Gasteiger partial charge is 0.364 e. The minimum Gasteiger partial charge on any atom is -0.364 e. The molecule has 11 heteroatoms. The standard InChI is InChI=1S/C22H18F4N6O/c23-13-7-29-20(30-8-13)14-3-1-2-4-15(14)21(33)32-11-12-5-16(17(32)6-12)31-19-10-27-18(9-28-19)22(24,25)26/h1-4,7-10,12,16-17H,5-6,11H2,(H,28,31). The summed E-state index contributed by atoms with van der Waals surface area (Å²) in [4.78, 5) is 30.5. The van der Waals surface area contributed by atoms with Gasteiger partial charge in [0.25, 0.3) is 5.91 Å². The molecule has 1 aliphatic heterocycles. The summed E-state index contributed by atoms with van der Waals surface area (Å²) < 4.78 is 51.4. The van der Waals surface area contributed by atoms with E-state index in [0.717, 1.165) is 31.4 Å². The molecular formula is C22H18F4N6O. The van der Waals surface area contributed by atoms with E-state index in [1.807, 2.05) is 0 Å². The number of likely N-dealkylation sites (tertiary alicyclic amines) is 1. The first-order valence-corrected chi connectivity index (χ1v) is 10.3. The van der Waals surface area contributed by atoms with Crippen molar-refractivity contribution in [1.29, 1.82) is 0 Å². The molecule has 1 N–H and O–H groups in total. The highest BCUT2D eigenvalue weighted by molar-refractivity contribution is 6.00. The maximum Gasteiger partial charge on any atom is 0.434 e. The van der Waals surface area contributed by atoms with E-state index >= 15 is 0 Å². The molecule has 33 heavy (non-hydrogen) atoms. The first kappa shape index (κ1) is 21.2. The molecule has 3 unspecified atom stereocenters. The van der Waals surface area contributed by atoms with Gasteiger partial charge in [-0.3, -0.25) is 4.79 Å². The zero-order chi connectivity index (χ0) is 23.2. The highest BCUT2D eigenvalue weighted by Gasteiger charge is 2.47. The molecule has 3 aromatic rings. The Hall–Kier alpha value is -3.63. The Morgan fingerprint density at radius 1 is 1.00 bits per heavy atom. The third-order valence-corrected chi connectivity index (χ3v) is 6.04. The molecule has 1 amide bonds. The second kappa shape index (κ2) is 8.05. The average molecular weight is 458 g/mol. The van der Waals surface area contributed by atoms with Crippen LogP contribution in [-0.2, 0) is 6.18 Å². The number of rotatable bonds is 4. The summed E-state index contributed by atoms with van der Waals surface area (Å²) in [5.74, 6) is -0.0173. The van der Waals surface area contributed by atoms with Crippen molar-refractivity contribution in [3.05, 3.63) is 66.1 Å². The van der Waals surface area contributed by atoms with Crippen LogP contribution in [0, 0.1) is 11.7 Å². The van der Waals surface area contributed by atoms with Gasteiger partial charge in [-0.25, -0.2) is 24.3 Å². The van der Waals surface area contributed by atoms with Gasteiger partial charge in [0.05, 0.1) is 36.4 Å². The monoisotopic (exact) mass is 458 g/mol. The summed E-state index contributed by atoms with van der Waals surface area (Å²) in [6.45, 7) is 0.582. The summed E-state index contributed by atoms with van der Waals surface area (Å²) in [6, 6.07) is 6.58. The number of alkyl halides is 3. The molecule has 7 nitrogen and oxygen atoms in total. The van der Waals surface area contributed by atoms with Crippen LogP contribution in [0.5, 0.6) is 0 Å². The molecule has 3 heterocycles. The number of carbonyl (C=O) groups is 1. The van der Waals surface area contributed by atoms with Crippen LogP contribution in [0.4, 0.5) is 23.4 Å². The van der Waals surface area contributed by atoms with Crippen LogP contribution < -0.4 is 5.32 Å². The Kier molecular flexibility index (Phi) is 5.18. The van der Waals surface area contributed by atoms with Gasteiger partial charge in [0.2, 0.25) is 0 Å². The van der Waals surface area contributed by atoms with Gasteiger partial charge < -0.3 is 10.2 Å². The summed E-state index contributed by atoms with van der Waals surface area (Å²) in [5, 5.41) is 3.14. The predicted octanol–water partition coefficient (Wildman–Crippen LogP) is 3.81. The van der Waals surface area contributed by atoms with E-state index in [-0.39, 0.29) is 35.6 Å². The normalized spacial score (nSPS) is 21.9. The molecule has 0 spiro atoms. The van der Waals surface area contributed by atoms with Crippen LogP contribution in [0.3, 0.4) is 0 Å². The van der Waals surface area contributed by atoms with E-state index in [0.29, 0.717) is 23.9 Å². The predicted molar refractivity (Wildman–Crippen MR) is 109 cm³/mol. The van der Waals surface area contributed by atoms with Gasteiger partial charge in [-0.15, -0.1) is 0 Å². The van der Waals surface area contributed by atoms with Crippen molar-refractivity contribution in [3.63, 3.8) is 0 Å². The van der Waals surface area contributed by atoms with E-state index in [2.05, 4.69) is 25.3 Å². The van der Waals surface area contributed by atoms with Crippen LogP contribution in [-0.4, -0.2) is 49.4 Å². The van der Waals surface area contributed by atoms with Crippen molar-refractivity contribution in [2.75, 3.05) is 11.9 Å². The molecule has 1 saturated carbocycles. The Morgan fingerprint density at radius 2 is 1.76 bits per heavy atom. The highest BCUT2D eigenvalue weighted by Crippen LogP contribution is 2.40. The fraction of sp³-hybridized carbons (Fsp3) is 0.318. The summed E-state index contributed by atoms with van der Waals surface area (Å²) in [7, 11) is 0. The minimum absolute atomic E-state index is 0.145. The van der Waals surface area contributed by atoms with Crippen molar-refractivity contribution in [2.45, 2.75) is 31.1 Å². The van der Waals surface area contributed by atoms with E-state index in [4.69, 9.17) is 0 Å². The fourth-order valence-electron chi connectivity index (χ4n) is 4.62. The van der Waals surface area contributed by atoms with Gasteiger partial charge in [-0.1, -0.05) is 18.2 Å². The zero-order valence-electron chi connectivity index (χ0n) is 17.1. The number of carbonyl (C=O) groups excluding carboxylic acids is 1. The lowest BCUT2D eigenvalue weighted by Gasteiger charge is -2.34. The number of nitrogens with one attached hydrogen (secondary N) is 1. The van der Waals surface area contributed by atoms with Crippen molar-refractivity contribution in [1.82, 2.24) is 24.8 Å². The number of nitrogens with zero attached hydrogens (tertiary/aromatic N) is 5. The maximum atomic E-state index is 13.5. The van der Waals surface area contributed by atoms with Gasteiger partial charge in [-0.2, -0.15) is 13.2 Å². The minimum atomic E-state index is -4.55. The lowest BCUT2D eigenvalue weighted by Crippen LogP contribution is -2.47. The zero-order valence-corrected chi connectivity index (χ0v) is 17.1. The Labute approximate surface area is 185 Å². The summed E-state index contributed by atoms with van der Waals surface area (Å²) >= 11 is 0. The molecule has 2 bridgehead atoms. The second-order valence-corrected chi connectivity index (χ2v) is 8.17. The number of fused-ring (bicyclic) bond motifs is 2. The van der Waals surface area contributed by atoms with Gasteiger partial charge in [-0.05, 0) is 24.8 Å². The summed E-state index contributed by atoms with van der Waals surface area (Å²) in [5.41, 5.74) is -0.148. The molecule has 0 radical (unpaired) electrons. The van der Waals surface area contributed by atoms with Gasteiger partial charge >= 0.3 is 6.18 Å². The molecular weight excluding hydrogens is 440 g/mol. The SMILES string of the molecule is O=C(c1ccccc1-c1ncc(F)cn1)N1CC2CC(Nc3cnc(C(F)(F)F)cn3)C1C2. The van der Waals surface area contributed by atoms with Crippen molar-refractivity contribution < 1.29 is 22.4 Å². The fourth-order valence-corrected chi connectivity index (χ4v) is 4.62. The number of hydrogen-bond acceptors (Lipinski definition) is 6. The Bertz CT molecular complexity index is 1170. The lowest BCUT2D eigenvalue weighted by molar-refractivity contribution is -0.141. The molecule has 2 aliphatic rings. The number of piperidine rings is 1. The van der Waals surface area contributed by atoms with Gasteiger partial charge in [0, 0.05) is 18.2 Å². The topological polar surface area (TPSA) is 83.9 Å². The molecule has 1 aromatic carbocycles. The second-order valence-electron chi connectivity index (χ2n) is 8.17. The highest BCUT2D eigenvalue weighted by atomic mass is 19.4. The van der Waals surface area contributed by atoms with Crippen molar-refractivity contribution in [3.8, 4) is 11.4 Å². The summed E-state index contributed by atoms with van der Waals surface area (Å²) in [6.07, 6.45) is 0.855. The molecule has 2 aromatic heterocycles. The third-order valence-electron chi connectivity index (χ3n) is 6.04. The van der Waals surface area contributed by atoms with Crippen LogP contribution >= 0.6 is 0 Å². The van der Waals surface area contributed by atoms with E-state index in [1.165, 1.54) is 0 Å². The third kappa shape index (κ3) is 4.10. The Balaban J connectivity index is 1.35. The molecule has 1 saturated heterocycles. The quantitative estimate of drug-likeness (QED) is 0.599. The van der Waals surface area contributed by atoms with Crippen LogP contribution in [0.15, 0.2) is 49.1 Å². The maximum absolute atomic E-state index is 13.5. The van der Waals surface area contributed by atoms with Crippen molar-refractivity contribution in [2.24, 2.45) is 5.92 Å². The average Bonchev–Trinajstić information content (AvgIpc) is 3.40. The number of aromatic nitrogens is 4. The lowest BCUT2D eigenvalue weighted by atomic mass is 10.0. The van der Waals surface area contributed by atoms with Crippen LogP contribution in [0.25, 0.3) is 11.4 Å². The van der Waals surface area contributed by atoms with Gasteiger partial charge in [0.15, 0.2) is 17.3 Å². The van der Waals surface area contributed by atoms with E-state index < -0.39 is 17.7 Å². The van der Waals surface area contributed by atoms with Crippen molar-refractivity contribution >= 4 is 11.7 Å². The van der Waals surface area contributed by atoms with Gasteiger partial charge in [0.1, 0.15) is 5.82 Å². The molecule has 3 atom stereocenters. The van der Waals surface area contributed by atoms with E-state index in [1.54, 1.807) is 29.2 Å². The first-order valence-electron chi connectivity index (χ1n) is 10.3. The number of anilines is 1. The number of benzene rings is 1. The largest absolute Gasteiger partial charge is 0.434 e. The van der Waals surface area contributed by atoms with Crippen LogP contribution in [0.1, 0.15) is 28.9 Å². The number of hydrogen-bond donors (Lipinski definition) is 1. The molecule has 5 rings (SSSR count).